The van der Waals surface area contributed by atoms with E-state index in [0.29, 0.717) is 10.6 Å². The van der Waals surface area contributed by atoms with E-state index in [9.17, 15) is 9.59 Å². The third-order valence-electron chi connectivity index (χ3n) is 1.79. The average Bonchev–Trinajstić information content (AvgIpc) is 2.16. The lowest BCUT2D eigenvalue weighted by molar-refractivity contribution is -0.141. The number of carbonyl (C=O) groups excluding carboxylic acids is 2. The molecule has 0 saturated carbocycles. The molecule has 0 heterocycles. The fourth-order valence-corrected chi connectivity index (χ4v) is 2.25. The fourth-order valence-electron chi connectivity index (χ4n) is 1.16. The topological polar surface area (TPSA) is 43.4 Å². The van der Waals surface area contributed by atoms with Crippen molar-refractivity contribution in [1.29, 1.82) is 0 Å². The van der Waals surface area contributed by atoms with Gasteiger partial charge in [0, 0.05) is 14.2 Å². The largest absolute Gasteiger partial charge is 0.466 e. The fraction of sp³-hybridized carbons (Fsp3) is 0.273. The van der Waals surface area contributed by atoms with E-state index in [0.717, 1.165) is 3.57 Å². The quantitative estimate of drug-likeness (QED) is 0.362. The summed E-state index contributed by atoms with van der Waals surface area (Å²) in [6, 6.07) is 4.97. The summed E-state index contributed by atoms with van der Waals surface area (Å²) in [4.78, 5) is 22.8. The molecular weight excluding hydrogens is 342 g/mol. The number of carbonyl (C=O) groups is 2. The van der Waals surface area contributed by atoms with Crippen LogP contribution in [0.1, 0.15) is 23.7 Å². The van der Waals surface area contributed by atoms with Crippen LogP contribution in [-0.2, 0) is 9.53 Å². The molecule has 5 heteroatoms. The number of ether oxygens (including phenoxy) is 1. The van der Waals surface area contributed by atoms with Crippen LogP contribution in [0.5, 0.6) is 0 Å². The second-order valence-electron chi connectivity index (χ2n) is 3.06. The van der Waals surface area contributed by atoms with Crippen LogP contribution in [0.2, 0.25) is 5.02 Å². The molecule has 1 aromatic carbocycles. The maximum atomic E-state index is 11.7. The molecule has 3 nitrogen and oxygen atoms in total. The smallest absolute Gasteiger partial charge is 0.313 e. The van der Waals surface area contributed by atoms with E-state index in [1.54, 1.807) is 25.1 Å². The van der Waals surface area contributed by atoms with Crippen LogP contribution in [0.4, 0.5) is 0 Å². The van der Waals surface area contributed by atoms with Gasteiger partial charge < -0.3 is 4.74 Å². The summed E-state index contributed by atoms with van der Waals surface area (Å²) in [6.07, 6.45) is -0.246. The molecule has 0 saturated heterocycles. The lowest BCUT2D eigenvalue weighted by Crippen LogP contribution is -2.11. The Morgan fingerprint density at radius 3 is 2.62 bits per heavy atom. The molecule has 0 aliphatic carbocycles. The summed E-state index contributed by atoms with van der Waals surface area (Å²) >= 11 is 7.88. The predicted octanol–water partition coefficient (Wildman–Crippen LogP) is 3.08. The Morgan fingerprint density at radius 1 is 1.38 bits per heavy atom. The Morgan fingerprint density at radius 2 is 2.06 bits per heavy atom. The minimum Gasteiger partial charge on any atom is -0.466 e. The zero-order valence-corrected chi connectivity index (χ0v) is 11.5. The van der Waals surface area contributed by atoms with Crippen LogP contribution in [0.25, 0.3) is 0 Å². The first kappa shape index (κ1) is 13.4. The van der Waals surface area contributed by atoms with E-state index < -0.39 is 5.97 Å². The van der Waals surface area contributed by atoms with E-state index in [-0.39, 0.29) is 18.8 Å². The minimum atomic E-state index is -0.512. The number of esters is 1. The van der Waals surface area contributed by atoms with Crippen molar-refractivity contribution < 1.29 is 14.3 Å². The highest BCUT2D eigenvalue weighted by atomic mass is 127. The van der Waals surface area contributed by atoms with Crippen molar-refractivity contribution in [2.45, 2.75) is 13.3 Å². The molecule has 0 N–H and O–H groups in total. The molecule has 0 spiro atoms. The summed E-state index contributed by atoms with van der Waals surface area (Å²) in [7, 11) is 0. The van der Waals surface area contributed by atoms with Gasteiger partial charge in [0.1, 0.15) is 6.42 Å². The van der Waals surface area contributed by atoms with E-state index in [1.165, 1.54) is 0 Å². The number of hydrogen-bond acceptors (Lipinski definition) is 3. The van der Waals surface area contributed by atoms with Crippen LogP contribution < -0.4 is 0 Å². The van der Waals surface area contributed by atoms with Crippen molar-refractivity contribution in [3.8, 4) is 0 Å². The van der Waals surface area contributed by atoms with E-state index >= 15 is 0 Å². The van der Waals surface area contributed by atoms with Crippen LogP contribution in [0, 0.1) is 3.57 Å². The third kappa shape index (κ3) is 4.09. The first-order valence-electron chi connectivity index (χ1n) is 4.68. The lowest BCUT2D eigenvalue weighted by atomic mass is 10.1. The molecule has 0 radical (unpaired) electrons. The molecule has 0 bridgehead atoms. The first-order chi connectivity index (χ1) is 7.52. The third-order valence-corrected chi connectivity index (χ3v) is 2.64. The summed E-state index contributed by atoms with van der Waals surface area (Å²) in [5.41, 5.74) is 0.435. The Kier molecular flexibility index (Phi) is 5.21. The van der Waals surface area contributed by atoms with E-state index in [1.807, 2.05) is 0 Å². The molecule has 0 aromatic heterocycles. The Labute approximate surface area is 112 Å². The number of halogens is 2. The van der Waals surface area contributed by atoms with Crippen LogP contribution in [0.15, 0.2) is 18.2 Å². The number of Topliss-reactive ketones (excluding diaryl/α,β-unsaturated/α-hetero) is 1. The Bertz CT molecular complexity index is 397. The molecule has 0 aliphatic rings. The molecule has 1 rings (SSSR count). The summed E-state index contributed by atoms with van der Waals surface area (Å²) in [6.45, 7) is 1.98. The molecule has 1 aromatic rings. The van der Waals surface area contributed by atoms with Gasteiger partial charge in [-0.1, -0.05) is 11.6 Å². The molecule has 0 atom stereocenters. The summed E-state index contributed by atoms with van der Waals surface area (Å²) in [5.74, 6) is -0.790. The highest BCUT2D eigenvalue weighted by Crippen LogP contribution is 2.18. The van der Waals surface area contributed by atoms with Gasteiger partial charge in [0.15, 0.2) is 5.78 Å². The monoisotopic (exact) mass is 352 g/mol. The van der Waals surface area contributed by atoms with Gasteiger partial charge >= 0.3 is 5.97 Å². The number of hydrogen-bond donors (Lipinski definition) is 0. The van der Waals surface area contributed by atoms with E-state index in [2.05, 4.69) is 22.6 Å². The van der Waals surface area contributed by atoms with Gasteiger partial charge in [-0.05, 0) is 47.7 Å². The van der Waals surface area contributed by atoms with Gasteiger partial charge in [-0.15, -0.1) is 0 Å². The second kappa shape index (κ2) is 6.20. The predicted molar refractivity (Wildman–Crippen MR) is 69.7 cm³/mol. The van der Waals surface area contributed by atoms with Gasteiger partial charge in [-0.3, -0.25) is 9.59 Å². The number of ketones is 1. The van der Waals surface area contributed by atoms with Crippen molar-refractivity contribution in [2.24, 2.45) is 0 Å². The van der Waals surface area contributed by atoms with Gasteiger partial charge in [-0.25, -0.2) is 0 Å². The first-order valence-corrected chi connectivity index (χ1v) is 6.13. The standard InChI is InChI=1S/C11H10ClIO3/c1-2-16-11(15)6-10(14)7-3-8(12)5-9(13)4-7/h3-5H,2,6H2,1H3. The van der Waals surface area contributed by atoms with Crippen molar-refractivity contribution >= 4 is 45.9 Å². The molecule has 0 fully saturated rings. The van der Waals surface area contributed by atoms with E-state index in [4.69, 9.17) is 16.3 Å². The Balaban J connectivity index is 2.76. The Hall–Kier alpha value is -0.620. The molecule has 0 aliphatic heterocycles. The summed E-state index contributed by atoms with van der Waals surface area (Å²) < 4.78 is 5.56. The van der Waals surface area contributed by atoms with Crippen LogP contribution in [0.3, 0.4) is 0 Å². The van der Waals surface area contributed by atoms with Crippen molar-refractivity contribution in [3.05, 3.63) is 32.4 Å². The molecule has 0 unspecified atom stereocenters. The minimum absolute atomic E-state index is 0.246. The zero-order valence-electron chi connectivity index (χ0n) is 8.63. The second-order valence-corrected chi connectivity index (χ2v) is 4.75. The molecule has 86 valence electrons. The maximum absolute atomic E-state index is 11.7. The lowest BCUT2D eigenvalue weighted by Gasteiger charge is -2.03. The van der Waals surface area contributed by atoms with Gasteiger partial charge in [0.2, 0.25) is 0 Å². The highest BCUT2D eigenvalue weighted by molar-refractivity contribution is 14.1. The maximum Gasteiger partial charge on any atom is 0.313 e. The molecule has 0 amide bonds. The zero-order chi connectivity index (χ0) is 12.1. The summed E-state index contributed by atoms with van der Waals surface area (Å²) in [5, 5.41) is 0.485. The van der Waals surface area contributed by atoms with Crippen molar-refractivity contribution in [1.82, 2.24) is 0 Å². The van der Waals surface area contributed by atoms with Crippen LogP contribution >= 0.6 is 34.2 Å². The SMILES string of the molecule is CCOC(=O)CC(=O)c1cc(Cl)cc(I)c1. The number of benzene rings is 1. The number of rotatable bonds is 4. The molecular formula is C11H10ClIO3. The van der Waals surface area contributed by atoms with Gasteiger partial charge in [0.25, 0.3) is 0 Å². The molecule has 16 heavy (non-hydrogen) atoms. The average molecular weight is 353 g/mol. The highest BCUT2D eigenvalue weighted by Gasteiger charge is 2.13. The van der Waals surface area contributed by atoms with Gasteiger partial charge in [0.05, 0.1) is 6.61 Å². The van der Waals surface area contributed by atoms with Gasteiger partial charge in [-0.2, -0.15) is 0 Å². The van der Waals surface area contributed by atoms with Crippen LogP contribution in [-0.4, -0.2) is 18.4 Å². The normalized spacial score (nSPS) is 9.94. The van der Waals surface area contributed by atoms with Crippen molar-refractivity contribution in [2.75, 3.05) is 6.61 Å². The van der Waals surface area contributed by atoms with Crippen molar-refractivity contribution in [3.63, 3.8) is 0 Å².